The van der Waals surface area contributed by atoms with Gasteiger partial charge in [-0.15, -0.1) is 0 Å². The van der Waals surface area contributed by atoms with Crippen molar-refractivity contribution in [3.63, 3.8) is 0 Å². The molecular weight excluding hydrogens is 379 g/mol. The van der Waals surface area contributed by atoms with Crippen molar-refractivity contribution in [2.45, 2.75) is 33.1 Å². The van der Waals surface area contributed by atoms with Crippen molar-refractivity contribution in [3.8, 4) is 0 Å². The second kappa shape index (κ2) is 11.9. The Morgan fingerprint density at radius 2 is 1.90 bits per heavy atom. The highest BCUT2D eigenvalue weighted by Gasteiger charge is 2.14. The average Bonchev–Trinajstić information content (AvgIpc) is 3.16. The summed E-state index contributed by atoms with van der Waals surface area (Å²) >= 11 is 0. The molecule has 0 bridgehead atoms. The lowest BCUT2D eigenvalue weighted by atomic mass is 10.1. The lowest BCUT2D eigenvalue weighted by molar-refractivity contribution is 0.136. The number of halogens is 1. The van der Waals surface area contributed by atoms with E-state index in [0.717, 1.165) is 54.9 Å². The van der Waals surface area contributed by atoms with Gasteiger partial charge in [-0.05, 0) is 63.0 Å². The number of nitrogens with one attached hydrogen (secondary N) is 3. The van der Waals surface area contributed by atoms with E-state index in [4.69, 9.17) is 4.99 Å². The Morgan fingerprint density at radius 3 is 2.67 bits per heavy atom. The molecule has 1 aromatic carbocycles. The van der Waals surface area contributed by atoms with Crippen molar-refractivity contribution >= 4 is 16.9 Å². The standard InChI is InChI=1S/C23H37FN6/c1-3-25-23(26-10-5-6-12-30-15-13-29(4-2)14-16-30)27-11-9-19-18-28-22-8-7-20(24)17-21(19)22/h7-8,17-18,28H,3-6,9-16H2,1-2H3,(H2,25,26,27). The number of benzene rings is 1. The SMILES string of the molecule is CCNC(=NCCCCN1CCN(CC)CC1)NCCc1c[nH]c2ccc(F)cc12. The summed E-state index contributed by atoms with van der Waals surface area (Å²) in [7, 11) is 0. The van der Waals surface area contributed by atoms with Gasteiger partial charge in [0.1, 0.15) is 5.82 Å². The van der Waals surface area contributed by atoms with Crippen LogP contribution in [0.1, 0.15) is 32.3 Å². The lowest BCUT2D eigenvalue weighted by Gasteiger charge is -2.33. The van der Waals surface area contributed by atoms with Crippen LogP contribution in [0.3, 0.4) is 0 Å². The number of H-pyrrole nitrogens is 1. The minimum absolute atomic E-state index is 0.196. The molecular formula is C23H37FN6. The molecule has 2 aromatic rings. The average molecular weight is 417 g/mol. The molecule has 0 saturated carbocycles. The van der Waals surface area contributed by atoms with E-state index in [2.05, 4.69) is 39.3 Å². The highest BCUT2D eigenvalue weighted by Crippen LogP contribution is 2.19. The van der Waals surface area contributed by atoms with Crippen molar-refractivity contribution < 1.29 is 4.39 Å². The number of aliphatic imine (C=N–C) groups is 1. The van der Waals surface area contributed by atoms with Gasteiger partial charge >= 0.3 is 0 Å². The van der Waals surface area contributed by atoms with Gasteiger partial charge in [-0.2, -0.15) is 0 Å². The summed E-state index contributed by atoms with van der Waals surface area (Å²) in [5.74, 6) is 0.665. The molecule has 0 spiro atoms. The number of hydrogen-bond acceptors (Lipinski definition) is 3. The van der Waals surface area contributed by atoms with Gasteiger partial charge in [-0.3, -0.25) is 4.99 Å². The van der Waals surface area contributed by atoms with Gasteiger partial charge in [0, 0.05) is 62.9 Å². The predicted molar refractivity (Wildman–Crippen MR) is 124 cm³/mol. The molecule has 0 atom stereocenters. The molecule has 30 heavy (non-hydrogen) atoms. The van der Waals surface area contributed by atoms with Gasteiger partial charge in [0.2, 0.25) is 0 Å². The molecule has 6 nitrogen and oxygen atoms in total. The van der Waals surface area contributed by atoms with E-state index >= 15 is 0 Å². The Labute approximate surface area is 179 Å². The van der Waals surface area contributed by atoms with E-state index in [-0.39, 0.29) is 5.82 Å². The zero-order valence-electron chi connectivity index (χ0n) is 18.5. The van der Waals surface area contributed by atoms with Crippen molar-refractivity contribution in [2.24, 2.45) is 4.99 Å². The molecule has 1 aliphatic heterocycles. The molecule has 3 N–H and O–H groups in total. The highest BCUT2D eigenvalue weighted by atomic mass is 19.1. The number of aromatic nitrogens is 1. The largest absolute Gasteiger partial charge is 0.361 e. The summed E-state index contributed by atoms with van der Waals surface area (Å²) in [6, 6.07) is 4.88. The Morgan fingerprint density at radius 1 is 1.10 bits per heavy atom. The molecule has 1 fully saturated rings. The van der Waals surface area contributed by atoms with Crippen LogP contribution in [0.4, 0.5) is 4.39 Å². The molecule has 0 radical (unpaired) electrons. The van der Waals surface area contributed by atoms with Crippen LogP contribution in [0.25, 0.3) is 10.9 Å². The Balaban J connectivity index is 1.37. The van der Waals surface area contributed by atoms with E-state index in [1.165, 1.54) is 51.8 Å². The first-order valence-corrected chi connectivity index (χ1v) is 11.4. The number of piperazine rings is 1. The number of hydrogen-bond donors (Lipinski definition) is 3. The van der Waals surface area contributed by atoms with Gasteiger partial charge in [0.25, 0.3) is 0 Å². The second-order valence-corrected chi connectivity index (χ2v) is 7.92. The van der Waals surface area contributed by atoms with Crippen LogP contribution in [0, 0.1) is 5.82 Å². The Hall–Kier alpha value is -2.12. The first kappa shape index (κ1) is 22.6. The van der Waals surface area contributed by atoms with Gasteiger partial charge < -0.3 is 25.4 Å². The van der Waals surface area contributed by atoms with E-state index in [9.17, 15) is 4.39 Å². The summed E-state index contributed by atoms with van der Waals surface area (Å²) in [5, 5.41) is 7.68. The number of rotatable bonds is 10. The van der Waals surface area contributed by atoms with Crippen LogP contribution < -0.4 is 10.6 Å². The van der Waals surface area contributed by atoms with Gasteiger partial charge in [0.15, 0.2) is 5.96 Å². The number of unbranched alkanes of at least 4 members (excludes halogenated alkanes) is 1. The summed E-state index contributed by atoms with van der Waals surface area (Å²) in [4.78, 5) is 13.0. The monoisotopic (exact) mass is 416 g/mol. The molecule has 1 saturated heterocycles. The topological polar surface area (TPSA) is 58.7 Å². The zero-order valence-corrected chi connectivity index (χ0v) is 18.5. The maximum Gasteiger partial charge on any atom is 0.191 e. The molecule has 0 amide bonds. The normalized spacial score (nSPS) is 16.3. The van der Waals surface area contributed by atoms with Crippen LogP contribution in [-0.2, 0) is 6.42 Å². The van der Waals surface area contributed by atoms with Gasteiger partial charge in [-0.1, -0.05) is 6.92 Å². The summed E-state index contributed by atoms with van der Waals surface area (Å²) in [6.45, 7) is 13.9. The third-order valence-electron chi connectivity index (χ3n) is 5.82. The van der Waals surface area contributed by atoms with Crippen LogP contribution in [0.2, 0.25) is 0 Å². The molecule has 166 valence electrons. The smallest absolute Gasteiger partial charge is 0.191 e. The third-order valence-corrected chi connectivity index (χ3v) is 5.82. The van der Waals surface area contributed by atoms with E-state index in [1.807, 2.05) is 6.20 Å². The zero-order chi connectivity index (χ0) is 21.2. The Bertz CT molecular complexity index is 794. The van der Waals surface area contributed by atoms with Crippen LogP contribution in [0.5, 0.6) is 0 Å². The van der Waals surface area contributed by atoms with E-state index < -0.39 is 0 Å². The van der Waals surface area contributed by atoms with Gasteiger partial charge in [0.05, 0.1) is 0 Å². The molecule has 0 unspecified atom stereocenters. The molecule has 7 heteroatoms. The fraction of sp³-hybridized carbons (Fsp3) is 0.609. The number of guanidine groups is 1. The van der Waals surface area contributed by atoms with Crippen molar-refractivity contribution in [3.05, 3.63) is 35.8 Å². The molecule has 0 aliphatic carbocycles. The highest BCUT2D eigenvalue weighted by molar-refractivity contribution is 5.83. The summed E-state index contributed by atoms with van der Waals surface area (Å²) in [6.07, 6.45) is 5.08. The minimum atomic E-state index is -0.196. The van der Waals surface area contributed by atoms with Crippen LogP contribution in [-0.4, -0.2) is 79.6 Å². The number of nitrogens with zero attached hydrogens (tertiary/aromatic N) is 3. The molecule has 3 rings (SSSR count). The second-order valence-electron chi connectivity index (χ2n) is 7.92. The quantitative estimate of drug-likeness (QED) is 0.317. The third kappa shape index (κ3) is 6.71. The lowest BCUT2D eigenvalue weighted by Crippen LogP contribution is -2.46. The maximum atomic E-state index is 13.5. The molecule has 2 heterocycles. The Kier molecular flexibility index (Phi) is 8.96. The maximum absolute atomic E-state index is 13.5. The van der Waals surface area contributed by atoms with E-state index in [1.54, 1.807) is 12.1 Å². The van der Waals surface area contributed by atoms with Crippen molar-refractivity contribution in [2.75, 3.05) is 58.9 Å². The minimum Gasteiger partial charge on any atom is -0.361 e. The summed E-state index contributed by atoms with van der Waals surface area (Å²) in [5.41, 5.74) is 2.10. The van der Waals surface area contributed by atoms with Crippen LogP contribution in [0.15, 0.2) is 29.4 Å². The number of likely N-dealkylation sites (N-methyl/N-ethyl adjacent to an activating group) is 1. The fourth-order valence-corrected chi connectivity index (χ4v) is 3.98. The van der Waals surface area contributed by atoms with Gasteiger partial charge in [-0.25, -0.2) is 4.39 Å². The van der Waals surface area contributed by atoms with Crippen molar-refractivity contribution in [1.29, 1.82) is 0 Å². The van der Waals surface area contributed by atoms with Crippen LogP contribution >= 0.6 is 0 Å². The summed E-state index contributed by atoms with van der Waals surface area (Å²) < 4.78 is 13.5. The molecule has 1 aromatic heterocycles. The number of fused-ring (bicyclic) bond motifs is 1. The first-order chi connectivity index (χ1) is 14.7. The first-order valence-electron chi connectivity index (χ1n) is 11.4. The predicted octanol–water partition coefficient (Wildman–Crippen LogP) is 2.82. The fourth-order valence-electron chi connectivity index (χ4n) is 3.98. The number of aromatic amines is 1. The van der Waals surface area contributed by atoms with E-state index in [0.29, 0.717) is 0 Å². The molecule has 1 aliphatic rings. The van der Waals surface area contributed by atoms with Crippen molar-refractivity contribution in [1.82, 2.24) is 25.4 Å².